The van der Waals surface area contributed by atoms with E-state index in [2.05, 4.69) is 38.5 Å². The summed E-state index contributed by atoms with van der Waals surface area (Å²) in [7, 11) is 0. The second-order valence-electron chi connectivity index (χ2n) is 6.54. The Kier molecular flexibility index (Phi) is 6.34. The molecule has 0 fully saturated rings. The van der Waals surface area contributed by atoms with Crippen LogP contribution in [0, 0.1) is 6.92 Å². The molecule has 27 heavy (non-hydrogen) atoms. The smallest absolute Gasteiger partial charge is 0.256 e. The van der Waals surface area contributed by atoms with Gasteiger partial charge in [-0.05, 0) is 56.5 Å². The van der Waals surface area contributed by atoms with Crippen LogP contribution in [0.5, 0.6) is 0 Å². The number of amides is 1. The molecule has 0 radical (unpaired) electrons. The van der Waals surface area contributed by atoms with E-state index in [4.69, 9.17) is 11.6 Å². The predicted octanol–water partition coefficient (Wildman–Crippen LogP) is 5.35. The molecule has 0 saturated heterocycles. The van der Waals surface area contributed by atoms with E-state index < -0.39 is 0 Å². The lowest BCUT2D eigenvalue weighted by molar-refractivity contribution is 0.0938. The van der Waals surface area contributed by atoms with Crippen molar-refractivity contribution in [3.63, 3.8) is 0 Å². The second-order valence-corrected chi connectivity index (χ2v) is 7.81. The van der Waals surface area contributed by atoms with E-state index in [-0.39, 0.29) is 11.9 Å². The van der Waals surface area contributed by atoms with Crippen LogP contribution in [-0.2, 0) is 6.42 Å². The summed E-state index contributed by atoms with van der Waals surface area (Å²) in [6.45, 7) is 3.80. The number of rotatable bonds is 6. The number of carbonyl (C=O) groups excluding carboxylic acids is 1. The van der Waals surface area contributed by atoms with Crippen LogP contribution in [-0.4, -0.2) is 21.7 Å². The van der Waals surface area contributed by atoms with Gasteiger partial charge in [-0.25, -0.2) is 4.68 Å². The molecule has 0 aliphatic heterocycles. The van der Waals surface area contributed by atoms with Crippen molar-refractivity contribution >= 4 is 33.4 Å². The number of benzene rings is 2. The zero-order valence-electron chi connectivity index (χ0n) is 15.2. The minimum absolute atomic E-state index is 0.0247. The van der Waals surface area contributed by atoms with E-state index in [0.717, 1.165) is 23.0 Å². The standard InChI is InChI=1S/C21H21BrClN3O/c1-14(8-9-16-10-12-17(22)13-11-16)24-21(27)19-15(2)25-26(20(19)23)18-6-4-3-5-7-18/h3-7,10-14H,8-9H2,1-2H3,(H,24,27). The summed E-state index contributed by atoms with van der Waals surface area (Å²) in [5, 5.41) is 7.80. The van der Waals surface area contributed by atoms with Gasteiger partial charge in [0.1, 0.15) is 5.15 Å². The summed E-state index contributed by atoms with van der Waals surface area (Å²) in [6, 6.07) is 17.8. The molecule has 1 aromatic heterocycles. The lowest BCUT2D eigenvalue weighted by Gasteiger charge is -2.14. The van der Waals surface area contributed by atoms with Gasteiger partial charge in [-0.2, -0.15) is 5.10 Å². The largest absolute Gasteiger partial charge is 0.349 e. The molecule has 1 heterocycles. The SMILES string of the molecule is Cc1nn(-c2ccccc2)c(Cl)c1C(=O)NC(C)CCc1ccc(Br)cc1. The summed E-state index contributed by atoms with van der Waals surface area (Å²) in [5.74, 6) is -0.192. The number of nitrogens with zero attached hydrogens (tertiary/aromatic N) is 2. The van der Waals surface area contributed by atoms with Gasteiger partial charge in [0, 0.05) is 10.5 Å². The first-order chi connectivity index (χ1) is 13.0. The van der Waals surface area contributed by atoms with Crippen LogP contribution >= 0.6 is 27.5 Å². The van der Waals surface area contributed by atoms with Gasteiger partial charge in [0.25, 0.3) is 5.91 Å². The van der Waals surface area contributed by atoms with Crippen molar-refractivity contribution in [3.05, 3.63) is 81.0 Å². The Morgan fingerprint density at radius 3 is 2.52 bits per heavy atom. The van der Waals surface area contributed by atoms with Crippen molar-refractivity contribution in [3.8, 4) is 5.69 Å². The summed E-state index contributed by atoms with van der Waals surface area (Å²) in [4.78, 5) is 12.7. The molecule has 0 aliphatic carbocycles. The van der Waals surface area contributed by atoms with Crippen LogP contribution in [0.2, 0.25) is 5.15 Å². The number of aromatic nitrogens is 2. The highest BCUT2D eigenvalue weighted by molar-refractivity contribution is 9.10. The number of hydrogen-bond donors (Lipinski definition) is 1. The average Bonchev–Trinajstić information content (AvgIpc) is 2.96. The van der Waals surface area contributed by atoms with E-state index in [0.29, 0.717) is 16.4 Å². The molecule has 4 nitrogen and oxygen atoms in total. The van der Waals surface area contributed by atoms with Crippen molar-refractivity contribution in [1.82, 2.24) is 15.1 Å². The van der Waals surface area contributed by atoms with E-state index in [1.807, 2.05) is 49.4 Å². The molecule has 0 spiro atoms. The Labute approximate surface area is 172 Å². The van der Waals surface area contributed by atoms with Crippen LogP contribution in [0.4, 0.5) is 0 Å². The number of nitrogens with one attached hydrogen (secondary N) is 1. The fourth-order valence-corrected chi connectivity index (χ4v) is 3.52. The van der Waals surface area contributed by atoms with Crippen molar-refractivity contribution in [1.29, 1.82) is 0 Å². The molecule has 0 saturated carbocycles. The Morgan fingerprint density at radius 1 is 1.19 bits per heavy atom. The van der Waals surface area contributed by atoms with Gasteiger partial charge in [0.15, 0.2) is 0 Å². The molecule has 1 N–H and O–H groups in total. The Hall–Kier alpha value is -2.11. The monoisotopic (exact) mass is 445 g/mol. The van der Waals surface area contributed by atoms with Crippen molar-refractivity contribution in [2.45, 2.75) is 32.7 Å². The number of para-hydroxylation sites is 1. The lowest BCUT2D eigenvalue weighted by Crippen LogP contribution is -2.33. The first kappa shape index (κ1) is 19.6. The molecule has 1 unspecified atom stereocenters. The van der Waals surface area contributed by atoms with Crippen molar-refractivity contribution in [2.24, 2.45) is 0 Å². The average molecular weight is 447 g/mol. The van der Waals surface area contributed by atoms with E-state index in [9.17, 15) is 4.79 Å². The first-order valence-corrected chi connectivity index (χ1v) is 9.98. The highest BCUT2D eigenvalue weighted by atomic mass is 79.9. The maximum Gasteiger partial charge on any atom is 0.256 e. The van der Waals surface area contributed by atoms with E-state index in [1.54, 1.807) is 11.6 Å². The fraction of sp³-hybridized carbons (Fsp3) is 0.238. The van der Waals surface area contributed by atoms with Gasteiger partial charge in [-0.3, -0.25) is 4.79 Å². The minimum Gasteiger partial charge on any atom is -0.349 e. The van der Waals surface area contributed by atoms with Crippen LogP contribution in [0.15, 0.2) is 59.1 Å². The number of carbonyl (C=O) groups is 1. The topological polar surface area (TPSA) is 46.9 Å². The quantitative estimate of drug-likeness (QED) is 0.555. The zero-order chi connectivity index (χ0) is 19.4. The molecule has 2 aromatic carbocycles. The summed E-state index contributed by atoms with van der Waals surface area (Å²) in [6.07, 6.45) is 1.74. The number of hydrogen-bond acceptors (Lipinski definition) is 2. The van der Waals surface area contributed by atoms with Gasteiger partial charge < -0.3 is 5.32 Å². The highest BCUT2D eigenvalue weighted by Gasteiger charge is 2.22. The Morgan fingerprint density at radius 2 is 1.85 bits per heavy atom. The molecule has 0 bridgehead atoms. The maximum absolute atomic E-state index is 12.7. The molecule has 0 aliphatic rings. The third-order valence-electron chi connectivity index (χ3n) is 4.39. The molecule has 3 rings (SSSR count). The lowest BCUT2D eigenvalue weighted by atomic mass is 10.1. The van der Waals surface area contributed by atoms with Gasteiger partial charge in [-0.15, -0.1) is 0 Å². The molecule has 1 amide bonds. The van der Waals surface area contributed by atoms with Crippen molar-refractivity contribution in [2.75, 3.05) is 0 Å². The van der Waals surface area contributed by atoms with E-state index >= 15 is 0 Å². The van der Waals surface area contributed by atoms with Crippen LogP contribution in [0.25, 0.3) is 5.69 Å². The van der Waals surface area contributed by atoms with Crippen LogP contribution in [0.1, 0.15) is 35.0 Å². The summed E-state index contributed by atoms with van der Waals surface area (Å²) < 4.78 is 2.66. The molecule has 140 valence electrons. The summed E-state index contributed by atoms with van der Waals surface area (Å²) >= 11 is 9.90. The molecule has 6 heteroatoms. The van der Waals surface area contributed by atoms with Crippen LogP contribution < -0.4 is 5.32 Å². The Balaban J connectivity index is 1.67. The fourth-order valence-electron chi connectivity index (χ4n) is 2.90. The zero-order valence-corrected chi connectivity index (χ0v) is 17.6. The molecular formula is C21H21BrClN3O. The maximum atomic E-state index is 12.7. The van der Waals surface area contributed by atoms with E-state index in [1.165, 1.54) is 5.56 Å². The normalized spacial score (nSPS) is 12.0. The number of halogens is 2. The first-order valence-electron chi connectivity index (χ1n) is 8.81. The van der Waals surface area contributed by atoms with Crippen molar-refractivity contribution < 1.29 is 4.79 Å². The van der Waals surface area contributed by atoms with Gasteiger partial charge in [-0.1, -0.05) is 57.9 Å². The molecular weight excluding hydrogens is 426 g/mol. The molecule has 3 aromatic rings. The van der Waals surface area contributed by atoms with Crippen LogP contribution in [0.3, 0.4) is 0 Å². The van der Waals surface area contributed by atoms with Gasteiger partial charge >= 0.3 is 0 Å². The van der Waals surface area contributed by atoms with Gasteiger partial charge in [0.2, 0.25) is 0 Å². The second kappa shape index (κ2) is 8.72. The summed E-state index contributed by atoms with van der Waals surface area (Å²) in [5.41, 5.74) is 3.11. The third kappa shape index (κ3) is 4.79. The minimum atomic E-state index is -0.192. The number of aryl methyl sites for hydroxylation is 2. The Bertz CT molecular complexity index is 923. The third-order valence-corrected chi connectivity index (χ3v) is 5.27. The predicted molar refractivity (Wildman–Crippen MR) is 113 cm³/mol. The molecule has 1 atom stereocenters. The highest BCUT2D eigenvalue weighted by Crippen LogP contribution is 2.23. The van der Waals surface area contributed by atoms with Gasteiger partial charge in [0.05, 0.1) is 16.9 Å².